The van der Waals surface area contributed by atoms with Crippen LogP contribution in [0.15, 0.2) is 168 Å². The molecule has 7 aromatic carbocycles. The van der Waals surface area contributed by atoms with E-state index in [9.17, 15) is 0 Å². The maximum atomic E-state index is 6.38. The van der Waals surface area contributed by atoms with Crippen LogP contribution in [0.2, 0.25) is 0 Å². The Morgan fingerprint density at radius 3 is 1.88 bits per heavy atom. The first-order valence-corrected chi connectivity index (χ1v) is 17.5. The van der Waals surface area contributed by atoms with E-state index in [0.29, 0.717) is 11.8 Å². The normalized spacial score (nSPS) is 12.2. The quantitative estimate of drug-likeness (QED) is 0.173. The fraction of sp³-hybridized carbons (Fsp3) is 0.0851. The van der Waals surface area contributed by atoms with Gasteiger partial charge in [0.2, 0.25) is 5.89 Å². The molecular weight excluding hydrogens is 609 g/mol. The summed E-state index contributed by atoms with van der Waals surface area (Å²) in [4.78, 5) is 4.86. The standard InChI is InChI=1S/C47H36N2O/c1-3-31(2)36-21-13-22-43-46(36)50-47(48-43)33-26-24-32(25-27-33)37-16-7-9-18-39(37)40-19-10-8-17-38(40)34-28-29-45-42(30-34)41-20-11-12-23-44(41)49(45)35-14-5-4-6-15-35/h4-31H,3H2,1-2H3. The number of oxazole rings is 1. The number of aromatic nitrogens is 2. The van der Waals surface area contributed by atoms with E-state index in [1.807, 2.05) is 6.07 Å². The van der Waals surface area contributed by atoms with Crippen LogP contribution < -0.4 is 0 Å². The molecule has 0 saturated carbocycles. The Labute approximate surface area is 292 Å². The lowest BCUT2D eigenvalue weighted by molar-refractivity contribution is 0.606. The number of hydrogen-bond acceptors (Lipinski definition) is 2. The summed E-state index contributed by atoms with van der Waals surface area (Å²) < 4.78 is 8.75. The summed E-state index contributed by atoms with van der Waals surface area (Å²) in [5, 5.41) is 2.50. The molecule has 1 unspecified atom stereocenters. The van der Waals surface area contributed by atoms with E-state index in [1.165, 1.54) is 60.9 Å². The Bertz CT molecular complexity index is 2640. The van der Waals surface area contributed by atoms with Crippen molar-refractivity contribution in [1.29, 1.82) is 0 Å². The SMILES string of the molecule is CCC(C)c1cccc2nc(-c3ccc(-c4ccccc4-c4ccccc4-c4ccc5c(c4)c4ccccc4n5-c4ccccc4)cc3)oc12. The van der Waals surface area contributed by atoms with Crippen molar-refractivity contribution in [3.63, 3.8) is 0 Å². The Morgan fingerprint density at radius 1 is 0.540 bits per heavy atom. The smallest absolute Gasteiger partial charge is 0.227 e. The number of hydrogen-bond donors (Lipinski definition) is 0. The average molecular weight is 645 g/mol. The van der Waals surface area contributed by atoms with Crippen LogP contribution >= 0.6 is 0 Å². The highest BCUT2D eigenvalue weighted by molar-refractivity contribution is 6.11. The van der Waals surface area contributed by atoms with E-state index in [2.05, 4.69) is 176 Å². The van der Waals surface area contributed by atoms with Crippen LogP contribution in [0.1, 0.15) is 31.7 Å². The molecule has 0 aliphatic carbocycles. The van der Waals surface area contributed by atoms with Crippen LogP contribution in [0, 0.1) is 0 Å². The Hall–Kier alpha value is -6.19. The number of nitrogens with zero attached hydrogens (tertiary/aromatic N) is 2. The second-order valence-corrected chi connectivity index (χ2v) is 13.1. The molecule has 3 nitrogen and oxygen atoms in total. The van der Waals surface area contributed by atoms with Gasteiger partial charge in [-0.2, -0.15) is 0 Å². The Balaban J connectivity index is 1.12. The van der Waals surface area contributed by atoms with Crippen molar-refractivity contribution in [3.8, 4) is 50.5 Å². The molecule has 0 spiro atoms. The van der Waals surface area contributed by atoms with Gasteiger partial charge in [-0.15, -0.1) is 0 Å². The molecule has 0 N–H and O–H groups in total. The highest BCUT2D eigenvalue weighted by Gasteiger charge is 2.18. The maximum absolute atomic E-state index is 6.38. The predicted octanol–water partition coefficient (Wildman–Crippen LogP) is 13.1. The molecule has 3 heteroatoms. The summed E-state index contributed by atoms with van der Waals surface area (Å²) in [5.41, 5.74) is 14.7. The molecular formula is C47H36N2O. The second kappa shape index (κ2) is 12.4. The van der Waals surface area contributed by atoms with Gasteiger partial charge in [-0.1, -0.05) is 129 Å². The molecule has 0 fully saturated rings. The molecule has 1 atom stereocenters. The van der Waals surface area contributed by atoms with Crippen molar-refractivity contribution in [2.75, 3.05) is 0 Å². The molecule has 50 heavy (non-hydrogen) atoms. The molecule has 2 aromatic heterocycles. The van der Waals surface area contributed by atoms with Crippen LogP contribution in [0.3, 0.4) is 0 Å². The summed E-state index contributed by atoms with van der Waals surface area (Å²) in [5.74, 6) is 1.07. The molecule has 0 radical (unpaired) electrons. The minimum atomic E-state index is 0.415. The summed E-state index contributed by atoms with van der Waals surface area (Å²) in [6.07, 6.45) is 1.06. The summed E-state index contributed by atoms with van der Waals surface area (Å²) >= 11 is 0. The first-order valence-electron chi connectivity index (χ1n) is 17.5. The summed E-state index contributed by atoms with van der Waals surface area (Å²) in [6.45, 7) is 4.45. The largest absolute Gasteiger partial charge is 0.436 e. The molecule has 2 heterocycles. The molecule has 0 bridgehead atoms. The summed E-state index contributed by atoms with van der Waals surface area (Å²) in [6, 6.07) is 58.6. The molecule has 9 rings (SSSR count). The number of benzene rings is 7. The van der Waals surface area contributed by atoms with Crippen LogP contribution in [0.5, 0.6) is 0 Å². The van der Waals surface area contributed by atoms with Gasteiger partial charge in [0.15, 0.2) is 5.58 Å². The van der Waals surface area contributed by atoms with Crippen molar-refractivity contribution in [1.82, 2.24) is 9.55 Å². The first-order chi connectivity index (χ1) is 24.7. The lowest BCUT2D eigenvalue weighted by atomic mass is 9.89. The van der Waals surface area contributed by atoms with Crippen molar-refractivity contribution in [2.24, 2.45) is 0 Å². The van der Waals surface area contributed by atoms with Gasteiger partial charge in [0.1, 0.15) is 5.52 Å². The van der Waals surface area contributed by atoms with Crippen molar-refractivity contribution >= 4 is 32.9 Å². The first kappa shape index (κ1) is 29.9. The second-order valence-electron chi connectivity index (χ2n) is 13.1. The zero-order valence-electron chi connectivity index (χ0n) is 28.2. The van der Waals surface area contributed by atoms with Crippen LogP contribution in [0.25, 0.3) is 83.4 Å². The average Bonchev–Trinajstić information content (AvgIpc) is 3.77. The number of rotatable bonds is 7. The van der Waals surface area contributed by atoms with Crippen LogP contribution in [-0.2, 0) is 0 Å². The van der Waals surface area contributed by atoms with Gasteiger partial charge in [-0.05, 0) is 99.8 Å². The zero-order chi connectivity index (χ0) is 33.6. The predicted molar refractivity (Wildman–Crippen MR) is 209 cm³/mol. The van der Waals surface area contributed by atoms with Crippen LogP contribution in [-0.4, -0.2) is 9.55 Å². The zero-order valence-corrected chi connectivity index (χ0v) is 28.2. The van der Waals surface area contributed by atoms with E-state index in [1.54, 1.807) is 0 Å². The molecule has 0 amide bonds. The molecule has 0 aliphatic heterocycles. The van der Waals surface area contributed by atoms with Crippen molar-refractivity contribution < 1.29 is 4.42 Å². The Kier molecular flexibility index (Phi) is 7.39. The third kappa shape index (κ3) is 5.02. The minimum absolute atomic E-state index is 0.415. The fourth-order valence-electron chi connectivity index (χ4n) is 7.43. The van der Waals surface area contributed by atoms with E-state index < -0.39 is 0 Å². The number of para-hydroxylation sites is 3. The van der Waals surface area contributed by atoms with Gasteiger partial charge in [0.05, 0.1) is 11.0 Å². The van der Waals surface area contributed by atoms with E-state index in [-0.39, 0.29) is 0 Å². The third-order valence-corrected chi connectivity index (χ3v) is 10.2. The van der Waals surface area contributed by atoms with E-state index >= 15 is 0 Å². The minimum Gasteiger partial charge on any atom is -0.436 e. The van der Waals surface area contributed by atoms with Gasteiger partial charge < -0.3 is 8.98 Å². The lowest BCUT2D eigenvalue weighted by Gasteiger charge is -2.15. The van der Waals surface area contributed by atoms with Gasteiger partial charge in [-0.3, -0.25) is 0 Å². The molecule has 0 aliphatic rings. The van der Waals surface area contributed by atoms with Gasteiger partial charge in [0.25, 0.3) is 0 Å². The lowest BCUT2D eigenvalue weighted by Crippen LogP contribution is -1.93. The van der Waals surface area contributed by atoms with Gasteiger partial charge in [0, 0.05) is 22.0 Å². The van der Waals surface area contributed by atoms with E-state index in [0.717, 1.165) is 28.6 Å². The van der Waals surface area contributed by atoms with E-state index in [4.69, 9.17) is 9.40 Å². The third-order valence-electron chi connectivity index (χ3n) is 10.2. The Morgan fingerprint density at radius 2 is 1.14 bits per heavy atom. The fourth-order valence-corrected chi connectivity index (χ4v) is 7.43. The number of fused-ring (bicyclic) bond motifs is 4. The van der Waals surface area contributed by atoms with Crippen LogP contribution in [0.4, 0.5) is 0 Å². The highest BCUT2D eigenvalue weighted by atomic mass is 16.3. The van der Waals surface area contributed by atoms with Crippen molar-refractivity contribution in [3.05, 3.63) is 169 Å². The van der Waals surface area contributed by atoms with Gasteiger partial charge in [-0.25, -0.2) is 4.98 Å². The van der Waals surface area contributed by atoms with Gasteiger partial charge >= 0.3 is 0 Å². The maximum Gasteiger partial charge on any atom is 0.227 e. The molecule has 9 aromatic rings. The molecule has 240 valence electrons. The summed E-state index contributed by atoms with van der Waals surface area (Å²) in [7, 11) is 0. The monoisotopic (exact) mass is 644 g/mol. The highest BCUT2D eigenvalue weighted by Crippen LogP contribution is 2.41. The topological polar surface area (TPSA) is 31.0 Å². The van der Waals surface area contributed by atoms with Crippen molar-refractivity contribution in [2.45, 2.75) is 26.2 Å². The molecule has 0 saturated heterocycles.